The molecule has 7 heterocycles. The number of amides is 4. The third-order valence-electron chi connectivity index (χ3n) is 18.0. The number of rotatable bonds is 13. The van der Waals surface area contributed by atoms with Gasteiger partial charge in [0.15, 0.2) is 5.82 Å². The van der Waals surface area contributed by atoms with Gasteiger partial charge in [-0.05, 0) is 135 Å². The van der Waals surface area contributed by atoms with Gasteiger partial charge in [0.1, 0.15) is 34.3 Å². The minimum atomic E-state index is -0.659. The molecule has 5 saturated heterocycles. The van der Waals surface area contributed by atoms with Crippen LogP contribution < -0.4 is 29.9 Å². The average Bonchev–Trinajstić information content (AvgIpc) is 4.11. The number of nitrogens with zero attached hydrogens (tertiary/aromatic N) is 8. The van der Waals surface area contributed by atoms with Crippen molar-refractivity contribution in [3.8, 4) is 28.8 Å². The van der Waals surface area contributed by atoms with Crippen LogP contribution >= 0.6 is 0 Å². The van der Waals surface area contributed by atoms with Crippen molar-refractivity contribution in [3.05, 3.63) is 71.4 Å². The van der Waals surface area contributed by atoms with Gasteiger partial charge in [0.05, 0.1) is 24.8 Å². The van der Waals surface area contributed by atoms with E-state index in [1.54, 1.807) is 36.5 Å². The molecule has 12 rings (SSSR count). The maximum atomic E-state index is 17.2. The number of aromatic hydroxyl groups is 1. The SMILES string of the molecule is CCc1c(F)ccc2cc(O)cc(-c3ncc4c(N5CC6CCC(C5)N6)nc(OCC5(CN6CCN(CC7CCC8(CC7)CCN(C(=O)c7ccc(OC)c(N9CCC(=O)NC9=O)c7)CC8)CC6)CC5)nc4c3F)c12. The third kappa shape index (κ3) is 9.82. The van der Waals surface area contributed by atoms with Crippen LogP contribution in [0, 0.1) is 28.4 Å². The van der Waals surface area contributed by atoms with Crippen molar-refractivity contribution in [2.24, 2.45) is 16.7 Å². The van der Waals surface area contributed by atoms with E-state index >= 15 is 8.78 Å². The zero-order valence-corrected chi connectivity index (χ0v) is 43.1. The van der Waals surface area contributed by atoms with Crippen LogP contribution in [-0.4, -0.2) is 150 Å². The summed E-state index contributed by atoms with van der Waals surface area (Å²) in [5.41, 5.74) is 2.08. The predicted octanol–water partition coefficient (Wildman–Crippen LogP) is 7.68. The number of piperidine rings is 1. The molecule has 2 saturated carbocycles. The Bertz CT molecular complexity index is 3030. The molecule has 2 aliphatic carbocycles. The molecule has 2 atom stereocenters. The number of aromatic nitrogens is 3. The molecular weight excluding hydrogens is 959 g/mol. The highest BCUT2D eigenvalue weighted by atomic mass is 19.1. The molecule has 7 aliphatic rings. The Morgan fingerprint density at radius 3 is 2.32 bits per heavy atom. The second-order valence-electron chi connectivity index (χ2n) is 22.8. The largest absolute Gasteiger partial charge is 0.508 e. The zero-order chi connectivity index (χ0) is 51.6. The van der Waals surface area contributed by atoms with Crippen molar-refractivity contribution in [1.29, 1.82) is 0 Å². The summed E-state index contributed by atoms with van der Waals surface area (Å²) in [5, 5.41) is 18.4. The first-order valence-corrected chi connectivity index (χ1v) is 27.3. The monoisotopic (exact) mass is 1030 g/mol. The van der Waals surface area contributed by atoms with Crippen molar-refractivity contribution < 1.29 is 37.7 Å². The summed E-state index contributed by atoms with van der Waals surface area (Å²) in [4.78, 5) is 63.5. The molecule has 2 unspecified atom stereocenters. The lowest BCUT2D eigenvalue weighted by molar-refractivity contribution is -0.120. The molecule has 2 bridgehead atoms. The number of phenolic OH excluding ortho intramolecular Hbond substituents is 1. The molecule has 3 N–H and O–H groups in total. The topological polar surface area (TPSA) is 169 Å². The number of urea groups is 1. The van der Waals surface area contributed by atoms with Crippen LogP contribution in [0.25, 0.3) is 32.9 Å². The number of likely N-dealkylation sites (tertiary alicyclic amines) is 1. The van der Waals surface area contributed by atoms with Crippen molar-refractivity contribution in [1.82, 2.24) is 40.3 Å². The lowest BCUT2D eigenvalue weighted by Gasteiger charge is -2.47. The lowest BCUT2D eigenvalue weighted by Crippen LogP contribution is -2.51. The van der Waals surface area contributed by atoms with Crippen LogP contribution in [0.15, 0.2) is 48.7 Å². The van der Waals surface area contributed by atoms with Crippen LogP contribution in [0.3, 0.4) is 0 Å². The number of pyridine rings is 1. The fraction of sp³-hybridized carbons (Fsp3) is 0.544. The summed E-state index contributed by atoms with van der Waals surface area (Å²) in [7, 11) is 1.53. The van der Waals surface area contributed by atoms with Crippen LogP contribution in [0.5, 0.6) is 17.5 Å². The third-order valence-corrected chi connectivity index (χ3v) is 18.0. The number of carbonyl (C=O) groups excluding carboxylic acids is 3. The first-order valence-electron chi connectivity index (χ1n) is 27.3. The number of fused-ring (bicyclic) bond motifs is 4. The highest BCUT2D eigenvalue weighted by Gasteiger charge is 2.46. The molecule has 4 amide bonds. The number of imide groups is 1. The molecule has 2 aromatic heterocycles. The fourth-order valence-electron chi connectivity index (χ4n) is 13.4. The summed E-state index contributed by atoms with van der Waals surface area (Å²) in [6.07, 6.45) is 13.2. The smallest absolute Gasteiger partial charge is 0.328 e. The maximum absolute atomic E-state index is 17.2. The number of phenols is 1. The van der Waals surface area contributed by atoms with Gasteiger partial charge in [0, 0.05) is 113 Å². The van der Waals surface area contributed by atoms with E-state index in [4.69, 9.17) is 19.4 Å². The van der Waals surface area contributed by atoms with E-state index in [9.17, 15) is 19.5 Å². The number of ether oxygens (including phenoxy) is 2. The number of benzene rings is 3. The van der Waals surface area contributed by atoms with E-state index in [0.29, 0.717) is 94.2 Å². The second-order valence-corrected chi connectivity index (χ2v) is 22.8. The fourth-order valence-corrected chi connectivity index (χ4v) is 13.4. The molecule has 16 nitrogen and oxygen atoms in total. The van der Waals surface area contributed by atoms with Crippen LogP contribution in [-0.2, 0) is 11.2 Å². The van der Waals surface area contributed by atoms with Gasteiger partial charge in [-0.3, -0.25) is 24.8 Å². The number of aryl methyl sites for hydroxylation is 1. The molecule has 0 radical (unpaired) electrons. The highest BCUT2D eigenvalue weighted by molar-refractivity contribution is 6.07. The Kier molecular flexibility index (Phi) is 13.3. The number of nitrogens with one attached hydrogen (secondary N) is 2. The zero-order valence-electron chi connectivity index (χ0n) is 43.1. The van der Waals surface area contributed by atoms with E-state index in [1.807, 2.05) is 11.8 Å². The van der Waals surface area contributed by atoms with E-state index in [2.05, 4.69) is 30.3 Å². The molecule has 3 aromatic carbocycles. The summed E-state index contributed by atoms with van der Waals surface area (Å²) in [6.45, 7) is 11.5. The number of methoxy groups -OCH3 is 1. The minimum absolute atomic E-state index is 0.00736. The van der Waals surface area contributed by atoms with Gasteiger partial charge in [-0.25, -0.2) is 13.6 Å². The average molecular weight is 1030 g/mol. The first-order chi connectivity index (χ1) is 36.4. The lowest BCUT2D eigenvalue weighted by atomic mass is 9.65. The number of hydrogen-bond donors (Lipinski definition) is 3. The predicted molar refractivity (Wildman–Crippen MR) is 281 cm³/mol. The van der Waals surface area contributed by atoms with Crippen LogP contribution in [0.1, 0.15) is 93.5 Å². The van der Waals surface area contributed by atoms with E-state index < -0.39 is 11.8 Å². The molecular formula is C57H68F2N10O6. The van der Waals surface area contributed by atoms with Gasteiger partial charge in [-0.2, -0.15) is 9.97 Å². The van der Waals surface area contributed by atoms with Gasteiger partial charge in [0.2, 0.25) is 5.91 Å². The van der Waals surface area contributed by atoms with Crippen LogP contribution in [0.4, 0.5) is 25.1 Å². The molecule has 5 aliphatic heterocycles. The maximum Gasteiger partial charge on any atom is 0.328 e. The summed E-state index contributed by atoms with van der Waals surface area (Å²) in [6, 6.07) is 11.5. The Morgan fingerprint density at radius 1 is 0.867 bits per heavy atom. The Morgan fingerprint density at radius 2 is 1.61 bits per heavy atom. The molecule has 75 heavy (non-hydrogen) atoms. The van der Waals surface area contributed by atoms with E-state index in [-0.39, 0.29) is 64.4 Å². The molecule has 5 aromatic rings. The quantitative estimate of drug-likeness (QED) is 0.105. The number of anilines is 2. The van der Waals surface area contributed by atoms with Gasteiger partial charge < -0.3 is 39.5 Å². The Labute approximate surface area is 436 Å². The standard InChI is InChI=1S/C57H68F2N10O6/c1-3-41-44(58)8-4-36-26-40(70)28-42(48(36)41)50-49(59)51-43(29-60-50)52(68-31-38-6-7-39(32-68)61-38)64-54(63-51)75-34-57(15-16-57)33-66-24-22-65(23-25-66)30-35-10-13-56(14-11-35)17-20-67(21-18-56)53(72)37-5-9-46(74-2)45(27-37)69-19-12-47(71)62-55(69)73/h4-5,8-9,26-29,35,38-39,61,70H,3,6-7,10-25,30-34H2,1-2H3,(H,62,71,73). The molecule has 7 fully saturated rings. The van der Waals surface area contributed by atoms with Crippen LogP contribution in [0.2, 0.25) is 0 Å². The summed E-state index contributed by atoms with van der Waals surface area (Å²) >= 11 is 0. The van der Waals surface area contributed by atoms with Crippen molar-refractivity contribution in [2.75, 3.05) is 95.5 Å². The van der Waals surface area contributed by atoms with Crippen molar-refractivity contribution in [2.45, 2.75) is 96.1 Å². The summed E-state index contributed by atoms with van der Waals surface area (Å²) in [5.74, 6) is 0.281. The van der Waals surface area contributed by atoms with E-state index in [0.717, 1.165) is 90.9 Å². The minimum Gasteiger partial charge on any atom is -0.508 e. The van der Waals surface area contributed by atoms with Gasteiger partial charge in [-0.15, -0.1) is 0 Å². The van der Waals surface area contributed by atoms with Gasteiger partial charge >= 0.3 is 12.0 Å². The number of carbonyl (C=O) groups is 3. The first kappa shape index (κ1) is 49.6. The number of piperazine rings is 2. The van der Waals surface area contributed by atoms with E-state index in [1.165, 1.54) is 49.8 Å². The Hall–Kier alpha value is -6.24. The number of halogens is 2. The summed E-state index contributed by atoms with van der Waals surface area (Å²) < 4.78 is 44.5. The van der Waals surface area contributed by atoms with Crippen molar-refractivity contribution >= 4 is 51.0 Å². The molecule has 396 valence electrons. The number of hydrogen-bond acceptors (Lipinski definition) is 13. The van der Waals surface area contributed by atoms with Gasteiger partial charge in [-0.1, -0.05) is 13.0 Å². The molecule has 1 spiro atoms. The Balaban J connectivity index is 0.656. The second kappa shape index (κ2) is 20.0. The van der Waals surface area contributed by atoms with Gasteiger partial charge in [0.25, 0.3) is 5.91 Å². The normalized spacial score (nSPS) is 23.1. The highest BCUT2D eigenvalue weighted by Crippen LogP contribution is 2.49. The van der Waals surface area contributed by atoms with Crippen molar-refractivity contribution in [3.63, 3.8) is 0 Å². The molecule has 18 heteroatoms.